The van der Waals surface area contributed by atoms with Crippen molar-refractivity contribution in [1.29, 1.82) is 0 Å². The van der Waals surface area contributed by atoms with Gasteiger partial charge in [0.15, 0.2) is 0 Å². The van der Waals surface area contributed by atoms with Crippen LogP contribution < -0.4 is 5.32 Å². The lowest BCUT2D eigenvalue weighted by atomic mass is 9.98. The number of anilines is 1. The predicted octanol–water partition coefficient (Wildman–Crippen LogP) is 4.31. The minimum absolute atomic E-state index is 0.255. The van der Waals surface area contributed by atoms with Crippen molar-refractivity contribution in [3.63, 3.8) is 0 Å². The van der Waals surface area contributed by atoms with Gasteiger partial charge in [0.1, 0.15) is 0 Å². The first-order valence-corrected chi connectivity index (χ1v) is 8.59. The van der Waals surface area contributed by atoms with Crippen LogP contribution in [0.25, 0.3) is 0 Å². The summed E-state index contributed by atoms with van der Waals surface area (Å²) in [6, 6.07) is 8.51. The van der Waals surface area contributed by atoms with Gasteiger partial charge in [0.2, 0.25) is 0 Å². The molecule has 0 radical (unpaired) electrons. The molecule has 0 aromatic heterocycles. The van der Waals surface area contributed by atoms with E-state index in [4.69, 9.17) is 4.74 Å². The van der Waals surface area contributed by atoms with Crippen molar-refractivity contribution in [2.45, 2.75) is 55.1 Å². The van der Waals surface area contributed by atoms with Gasteiger partial charge in [0.05, 0.1) is 11.7 Å². The highest BCUT2D eigenvalue weighted by Crippen LogP contribution is 2.43. The van der Waals surface area contributed by atoms with Crippen molar-refractivity contribution < 1.29 is 4.74 Å². The molecule has 1 saturated carbocycles. The lowest BCUT2D eigenvalue weighted by molar-refractivity contribution is -0.0307. The van der Waals surface area contributed by atoms with Gasteiger partial charge in [-0.25, -0.2) is 0 Å². The van der Waals surface area contributed by atoms with E-state index in [1.807, 2.05) is 0 Å². The first-order chi connectivity index (χ1) is 9.31. The van der Waals surface area contributed by atoms with E-state index < -0.39 is 0 Å². The highest BCUT2D eigenvalue weighted by Gasteiger charge is 2.41. The Hall–Kier alpha value is -0.670. The van der Waals surface area contributed by atoms with E-state index in [0.717, 1.165) is 6.54 Å². The number of ether oxygens (including phenoxy) is 1. The third-order valence-electron chi connectivity index (χ3n) is 4.48. The van der Waals surface area contributed by atoms with Crippen molar-refractivity contribution in [1.82, 2.24) is 0 Å². The molecule has 104 valence electrons. The summed E-state index contributed by atoms with van der Waals surface area (Å²) in [5, 5.41) is 3.57. The maximum atomic E-state index is 6.34. The second kappa shape index (κ2) is 5.76. The van der Waals surface area contributed by atoms with Gasteiger partial charge in [-0.3, -0.25) is 0 Å². The molecule has 2 fully saturated rings. The number of hydrogen-bond acceptors (Lipinski definition) is 3. The standard InChI is InChI=1S/C16H23NOS/c1-19-15-7-3-2-6-14(15)17-12-13-8-11-16(18-13)9-4-5-10-16/h2-3,6-7,13,17H,4-5,8-12H2,1H3. The van der Waals surface area contributed by atoms with E-state index in [1.54, 1.807) is 11.8 Å². The van der Waals surface area contributed by atoms with Crippen LogP contribution in [0.15, 0.2) is 29.2 Å². The zero-order valence-corrected chi connectivity index (χ0v) is 12.5. The lowest BCUT2D eigenvalue weighted by Crippen LogP contribution is -2.27. The first kappa shape index (κ1) is 13.3. The second-order valence-electron chi connectivity index (χ2n) is 5.75. The van der Waals surface area contributed by atoms with Crippen LogP contribution in [-0.2, 0) is 4.74 Å². The highest BCUT2D eigenvalue weighted by molar-refractivity contribution is 7.98. The summed E-state index contributed by atoms with van der Waals surface area (Å²) >= 11 is 1.79. The highest BCUT2D eigenvalue weighted by atomic mass is 32.2. The summed E-state index contributed by atoms with van der Waals surface area (Å²) in [6.07, 6.45) is 10.3. The molecule has 1 heterocycles. The molecule has 0 amide bonds. The van der Waals surface area contributed by atoms with E-state index in [9.17, 15) is 0 Å². The fourth-order valence-electron chi connectivity index (χ4n) is 3.44. The van der Waals surface area contributed by atoms with E-state index in [1.165, 1.54) is 49.1 Å². The van der Waals surface area contributed by atoms with Crippen LogP contribution in [0.2, 0.25) is 0 Å². The molecule has 1 aromatic rings. The number of nitrogens with one attached hydrogen (secondary N) is 1. The third kappa shape index (κ3) is 2.92. The summed E-state index contributed by atoms with van der Waals surface area (Å²) in [7, 11) is 0. The van der Waals surface area contributed by atoms with E-state index in [-0.39, 0.29) is 5.60 Å². The lowest BCUT2D eigenvalue weighted by Gasteiger charge is -2.24. The van der Waals surface area contributed by atoms with Gasteiger partial charge in [-0.05, 0) is 44.1 Å². The Bertz CT molecular complexity index is 429. The fraction of sp³-hybridized carbons (Fsp3) is 0.625. The third-order valence-corrected chi connectivity index (χ3v) is 5.28. The Labute approximate surface area is 120 Å². The maximum Gasteiger partial charge on any atom is 0.0756 e. The Morgan fingerprint density at radius 2 is 2.05 bits per heavy atom. The van der Waals surface area contributed by atoms with Crippen LogP contribution in [0.1, 0.15) is 38.5 Å². The molecule has 1 saturated heterocycles. The average molecular weight is 277 g/mol. The van der Waals surface area contributed by atoms with Gasteiger partial charge in [0.25, 0.3) is 0 Å². The molecule has 3 rings (SSSR count). The topological polar surface area (TPSA) is 21.3 Å². The Morgan fingerprint density at radius 1 is 1.26 bits per heavy atom. The summed E-state index contributed by atoms with van der Waals surface area (Å²) in [4.78, 5) is 1.32. The largest absolute Gasteiger partial charge is 0.382 e. The van der Waals surface area contributed by atoms with Gasteiger partial charge < -0.3 is 10.1 Å². The van der Waals surface area contributed by atoms with Crippen LogP contribution in [0.3, 0.4) is 0 Å². The maximum absolute atomic E-state index is 6.34. The normalized spacial score (nSPS) is 25.0. The van der Waals surface area contributed by atoms with Gasteiger partial charge in [-0.2, -0.15) is 0 Å². The molecule has 2 nitrogen and oxygen atoms in total. The van der Waals surface area contributed by atoms with E-state index >= 15 is 0 Å². The van der Waals surface area contributed by atoms with Crippen LogP contribution >= 0.6 is 11.8 Å². The molecular weight excluding hydrogens is 254 g/mol. The van der Waals surface area contributed by atoms with Crippen LogP contribution in [0, 0.1) is 0 Å². The number of para-hydroxylation sites is 1. The van der Waals surface area contributed by atoms with Gasteiger partial charge in [-0.1, -0.05) is 25.0 Å². The average Bonchev–Trinajstić information content (AvgIpc) is 3.07. The summed E-state index contributed by atoms with van der Waals surface area (Å²) in [5.41, 5.74) is 1.50. The van der Waals surface area contributed by atoms with E-state index in [2.05, 4.69) is 35.8 Å². The van der Waals surface area contributed by atoms with E-state index in [0.29, 0.717) is 6.10 Å². The molecule has 3 heteroatoms. The predicted molar refractivity (Wildman–Crippen MR) is 82.0 cm³/mol. The van der Waals surface area contributed by atoms with Crippen LogP contribution in [0.5, 0.6) is 0 Å². The quantitative estimate of drug-likeness (QED) is 0.829. The SMILES string of the molecule is CSc1ccccc1NCC1CCC2(CCCC2)O1. The zero-order valence-electron chi connectivity index (χ0n) is 11.7. The molecule has 19 heavy (non-hydrogen) atoms. The fourth-order valence-corrected chi connectivity index (χ4v) is 4.02. The molecule has 1 atom stereocenters. The van der Waals surface area contributed by atoms with Crippen molar-refractivity contribution in [3.05, 3.63) is 24.3 Å². The molecule has 1 aliphatic carbocycles. The molecule has 1 aliphatic heterocycles. The Morgan fingerprint density at radius 3 is 2.84 bits per heavy atom. The monoisotopic (exact) mass is 277 g/mol. The second-order valence-corrected chi connectivity index (χ2v) is 6.60. The Balaban J connectivity index is 1.55. The minimum Gasteiger partial charge on any atom is -0.382 e. The Kier molecular flexibility index (Phi) is 4.04. The number of rotatable bonds is 4. The molecular formula is C16H23NOS. The molecule has 1 unspecified atom stereocenters. The van der Waals surface area contributed by atoms with Gasteiger partial charge in [-0.15, -0.1) is 11.8 Å². The molecule has 1 aromatic carbocycles. The molecule has 0 bridgehead atoms. The smallest absolute Gasteiger partial charge is 0.0756 e. The first-order valence-electron chi connectivity index (χ1n) is 7.36. The van der Waals surface area contributed by atoms with Crippen molar-refractivity contribution >= 4 is 17.4 Å². The molecule has 2 aliphatic rings. The van der Waals surface area contributed by atoms with Crippen molar-refractivity contribution in [2.24, 2.45) is 0 Å². The summed E-state index contributed by atoms with van der Waals surface area (Å²) < 4.78 is 6.34. The zero-order chi connectivity index (χ0) is 13.1. The van der Waals surface area contributed by atoms with Gasteiger partial charge in [0, 0.05) is 17.1 Å². The summed E-state index contributed by atoms with van der Waals surface area (Å²) in [6.45, 7) is 0.944. The summed E-state index contributed by atoms with van der Waals surface area (Å²) in [5.74, 6) is 0. The van der Waals surface area contributed by atoms with Gasteiger partial charge >= 0.3 is 0 Å². The van der Waals surface area contributed by atoms with Crippen LogP contribution in [0.4, 0.5) is 5.69 Å². The number of benzene rings is 1. The van der Waals surface area contributed by atoms with Crippen molar-refractivity contribution in [2.75, 3.05) is 18.1 Å². The molecule has 1 spiro atoms. The number of thioether (sulfide) groups is 1. The minimum atomic E-state index is 0.255. The molecule has 1 N–H and O–H groups in total. The van der Waals surface area contributed by atoms with Crippen molar-refractivity contribution in [3.8, 4) is 0 Å². The number of hydrogen-bond donors (Lipinski definition) is 1. The van der Waals surface area contributed by atoms with Crippen LogP contribution in [-0.4, -0.2) is 24.5 Å².